The van der Waals surface area contributed by atoms with Gasteiger partial charge in [-0.1, -0.05) is 20.8 Å². The Morgan fingerprint density at radius 2 is 2.05 bits per heavy atom. The summed E-state index contributed by atoms with van der Waals surface area (Å²) in [6.45, 7) is 5.85. The molecule has 118 valence electrons. The smallest absolute Gasteiger partial charge is 0.328 e. The lowest BCUT2D eigenvalue weighted by atomic mass is 10.0. The first-order chi connectivity index (χ1) is 9.81. The van der Waals surface area contributed by atoms with Crippen molar-refractivity contribution in [1.82, 2.24) is 15.1 Å². The summed E-state index contributed by atoms with van der Waals surface area (Å²) in [7, 11) is 2.95. The van der Waals surface area contributed by atoms with E-state index < -0.39 is 17.9 Å². The number of nitrogens with one attached hydrogen (secondary N) is 1. The van der Waals surface area contributed by atoms with Crippen LogP contribution < -0.4 is 11.1 Å². The first kappa shape index (κ1) is 17.0. The van der Waals surface area contributed by atoms with Crippen LogP contribution in [0.25, 0.3) is 0 Å². The number of aromatic nitrogens is 2. The van der Waals surface area contributed by atoms with E-state index >= 15 is 0 Å². The van der Waals surface area contributed by atoms with Crippen molar-refractivity contribution in [1.29, 1.82) is 0 Å². The summed E-state index contributed by atoms with van der Waals surface area (Å²) in [6, 6.07) is -0.693. The van der Waals surface area contributed by atoms with Gasteiger partial charge in [0.1, 0.15) is 11.7 Å². The average Bonchev–Trinajstić information content (AvgIpc) is 2.71. The van der Waals surface area contributed by atoms with E-state index in [2.05, 4.69) is 10.4 Å². The molecule has 0 radical (unpaired) electrons. The molecule has 7 nitrogen and oxygen atoms in total. The second-order valence-corrected chi connectivity index (χ2v) is 5.36. The number of aryl methyl sites for hydroxylation is 2. The number of carbonyl (C=O) groups is 2. The van der Waals surface area contributed by atoms with E-state index in [9.17, 15) is 9.59 Å². The number of hydrogen-bond donors (Lipinski definition) is 2. The third kappa shape index (κ3) is 3.96. The first-order valence-electron chi connectivity index (χ1n) is 7.01. The normalized spacial score (nSPS) is 12.3. The third-order valence-electron chi connectivity index (χ3n) is 3.21. The molecule has 0 saturated heterocycles. The van der Waals surface area contributed by atoms with Gasteiger partial charge in [-0.25, -0.2) is 4.79 Å². The lowest BCUT2D eigenvalue weighted by Gasteiger charge is -2.18. The number of esters is 1. The van der Waals surface area contributed by atoms with Crippen molar-refractivity contribution in [2.75, 3.05) is 12.8 Å². The van der Waals surface area contributed by atoms with Crippen LogP contribution in [0.5, 0.6) is 0 Å². The van der Waals surface area contributed by atoms with Crippen molar-refractivity contribution in [3.05, 3.63) is 11.4 Å². The fourth-order valence-electron chi connectivity index (χ4n) is 2.18. The van der Waals surface area contributed by atoms with Crippen LogP contribution in [0, 0.1) is 5.92 Å². The Hall–Kier alpha value is -2.05. The maximum Gasteiger partial charge on any atom is 0.328 e. The number of nitrogens with two attached hydrogens (primary N) is 1. The minimum Gasteiger partial charge on any atom is -0.467 e. The van der Waals surface area contributed by atoms with Gasteiger partial charge in [-0.05, 0) is 18.8 Å². The number of rotatable bonds is 6. The summed E-state index contributed by atoms with van der Waals surface area (Å²) in [4.78, 5) is 24.1. The molecule has 0 aromatic carbocycles. The minimum absolute atomic E-state index is 0.240. The molecule has 1 amide bonds. The van der Waals surface area contributed by atoms with Gasteiger partial charge in [-0.2, -0.15) is 5.10 Å². The fourth-order valence-corrected chi connectivity index (χ4v) is 2.18. The Morgan fingerprint density at radius 1 is 1.43 bits per heavy atom. The molecule has 1 heterocycles. The largest absolute Gasteiger partial charge is 0.467 e. The minimum atomic E-state index is -0.693. The molecule has 3 N–H and O–H groups in total. The molecule has 0 saturated carbocycles. The van der Waals surface area contributed by atoms with Crippen molar-refractivity contribution < 1.29 is 14.3 Å². The van der Waals surface area contributed by atoms with Gasteiger partial charge in [-0.15, -0.1) is 0 Å². The average molecular weight is 296 g/mol. The molecule has 0 aliphatic rings. The van der Waals surface area contributed by atoms with Gasteiger partial charge in [-0.3, -0.25) is 9.48 Å². The molecule has 1 atom stereocenters. The van der Waals surface area contributed by atoms with Gasteiger partial charge in [0.05, 0.1) is 18.5 Å². The van der Waals surface area contributed by atoms with Gasteiger partial charge in [0.25, 0.3) is 5.91 Å². The van der Waals surface area contributed by atoms with Crippen LogP contribution in [0.4, 0.5) is 5.69 Å². The van der Waals surface area contributed by atoms with Crippen LogP contribution >= 0.6 is 0 Å². The number of amides is 1. The van der Waals surface area contributed by atoms with E-state index in [0.29, 0.717) is 24.2 Å². The van der Waals surface area contributed by atoms with Crippen molar-refractivity contribution in [2.24, 2.45) is 13.0 Å². The first-order valence-corrected chi connectivity index (χ1v) is 7.01. The van der Waals surface area contributed by atoms with E-state index in [0.717, 1.165) is 0 Å². The van der Waals surface area contributed by atoms with Crippen LogP contribution in [0.2, 0.25) is 0 Å². The highest BCUT2D eigenvalue weighted by Gasteiger charge is 2.26. The Labute approximate surface area is 124 Å². The summed E-state index contributed by atoms with van der Waals surface area (Å²) < 4.78 is 6.17. The highest BCUT2D eigenvalue weighted by atomic mass is 16.5. The summed E-state index contributed by atoms with van der Waals surface area (Å²) in [5, 5.41) is 6.88. The molecule has 0 aliphatic heterocycles. The zero-order valence-corrected chi connectivity index (χ0v) is 13.3. The molecule has 21 heavy (non-hydrogen) atoms. The topological polar surface area (TPSA) is 99.2 Å². The summed E-state index contributed by atoms with van der Waals surface area (Å²) in [5.41, 5.74) is 7.23. The maximum absolute atomic E-state index is 12.4. The van der Waals surface area contributed by atoms with Crippen molar-refractivity contribution in [3.8, 4) is 0 Å². The molecule has 0 spiro atoms. The Kier molecular flexibility index (Phi) is 5.75. The highest BCUT2D eigenvalue weighted by Crippen LogP contribution is 2.17. The lowest BCUT2D eigenvalue weighted by molar-refractivity contribution is -0.143. The van der Waals surface area contributed by atoms with Gasteiger partial charge >= 0.3 is 5.97 Å². The molecule has 0 bridgehead atoms. The van der Waals surface area contributed by atoms with E-state index in [1.54, 1.807) is 7.05 Å². The standard InChI is InChI=1S/C14H24N4O3/c1-6-9-11(15)12(18(4)17-9)13(19)16-10(7-8(2)3)14(20)21-5/h8,10H,6-7,15H2,1-5H3,(H,16,19). The summed E-state index contributed by atoms with van der Waals surface area (Å²) >= 11 is 0. The number of nitrogen functional groups attached to an aromatic ring is 1. The number of methoxy groups -OCH3 is 1. The second kappa shape index (κ2) is 7.10. The third-order valence-corrected chi connectivity index (χ3v) is 3.21. The van der Waals surface area contributed by atoms with Crippen LogP contribution in [0.1, 0.15) is 43.4 Å². The van der Waals surface area contributed by atoms with Crippen molar-refractivity contribution in [2.45, 2.75) is 39.7 Å². The lowest BCUT2D eigenvalue weighted by Crippen LogP contribution is -2.43. The summed E-state index contributed by atoms with van der Waals surface area (Å²) in [5.74, 6) is -0.642. The fraction of sp³-hybridized carbons (Fsp3) is 0.643. The van der Waals surface area contributed by atoms with E-state index in [1.807, 2.05) is 20.8 Å². The Morgan fingerprint density at radius 3 is 2.48 bits per heavy atom. The predicted octanol–water partition coefficient (Wildman–Crippen LogP) is 0.882. The molecule has 0 aliphatic carbocycles. The molecule has 0 fully saturated rings. The van der Waals surface area contributed by atoms with Crippen LogP contribution in [-0.2, 0) is 23.0 Å². The van der Waals surface area contributed by atoms with Gasteiger partial charge in [0.2, 0.25) is 0 Å². The molecular weight excluding hydrogens is 272 g/mol. The monoisotopic (exact) mass is 296 g/mol. The molecular formula is C14H24N4O3. The predicted molar refractivity (Wildman–Crippen MR) is 79.7 cm³/mol. The van der Waals surface area contributed by atoms with E-state index in [1.165, 1.54) is 11.8 Å². The molecule has 1 unspecified atom stereocenters. The molecule has 1 rings (SSSR count). The van der Waals surface area contributed by atoms with E-state index in [-0.39, 0.29) is 11.6 Å². The van der Waals surface area contributed by atoms with Crippen molar-refractivity contribution in [3.63, 3.8) is 0 Å². The Balaban J connectivity index is 2.97. The highest BCUT2D eigenvalue weighted by molar-refractivity contribution is 5.99. The zero-order valence-electron chi connectivity index (χ0n) is 13.3. The van der Waals surface area contributed by atoms with Crippen LogP contribution in [-0.4, -0.2) is 34.8 Å². The number of hydrogen-bond acceptors (Lipinski definition) is 5. The maximum atomic E-state index is 12.4. The number of ether oxygens (including phenoxy) is 1. The van der Waals surface area contributed by atoms with Gasteiger partial charge in [0, 0.05) is 7.05 Å². The molecule has 1 aromatic rings. The molecule has 7 heteroatoms. The Bertz CT molecular complexity index is 523. The molecule has 1 aromatic heterocycles. The quantitative estimate of drug-likeness (QED) is 0.759. The SMILES string of the molecule is CCc1nn(C)c(C(=O)NC(CC(C)C)C(=O)OC)c1N. The second-order valence-electron chi connectivity index (χ2n) is 5.36. The van der Waals surface area contributed by atoms with Gasteiger partial charge in [0.15, 0.2) is 0 Å². The van der Waals surface area contributed by atoms with Crippen LogP contribution in [0.15, 0.2) is 0 Å². The number of carbonyl (C=O) groups excluding carboxylic acids is 2. The van der Waals surface area contributed by atoms with Crippen molar-refractivity contribution >= 4 is 17.6 Å². The van der Waals surface area contributed by atoms with Gasteiger partial charge < -0.3 is 15.8 Å². The number of nitrogens with zero attached hydrogens (tertiary/aromatic N) is 2. The summed E-state index contributed by atoms with van der Waals surface area (Å²) in [6.07, 6.45) is 1.14. The zero-order chi connectivity index (χ0) is 16.2. The van der Waals surface area contributed by atoms with E-state index in [4.69, 9.17) is 10.5 Å². The number of anilines is 1. The van der Waals surface area contributed by atoms with Crippen LogP contribution in [0.3, 0.4) is 0 Å².